The fourth-order valence-corrected chi connectivity index (χ4v) is 5.74. The number of hydrogen-bond acceptors (Lipinski definition) is 4. The quantitative estimate of drug-likeness (QED) is 0.661. The molecule has 0 bridgehead atoms. The maximum Gasteiger partial charge on any atom is 0.338 e. The summed E-state index contributed by atoms with van der Waals surface area (Å²) in [5.74, 6) is 2.42. The predicted octanol–water partition coefficient (Wildman–Crippen LogP) is 4.67. The lowest BCUT2D eigenvalue weighted by molar-refractivity contribution is -0.120. The number of carbonyl (C=O) groups is 1. The lowest BCUT2D eigenvalue weighted by atomic mass is 9.58. The normalized spacial score (nSPS) is 36.2. The Balaban J connectivity index is 1.47. The number of benzene rings is 1. The van der Waals surface area contributed by atoms with Crippen LogP contribution in [0.4, 0.5) is 0 Å². The average molecular weight is 423 g/mol. The number of carbonyl (C=O) groups excluding carboxylic acids is 1. The molecule has 2 aliphatic carbocycles. The van der Waals surface area contributed by atoms with Crippen molar-refractivity contribution in [3.63, 3.8) is 0 Å². The van der Waals surface area contributed by atoms with Crippen LogP contribution in [-0.2, 0) is 14.2 Å². The molecule has 0 spiro atoms. The number of ether oxygens (including phenoxy) is 3. The van der Waals surface area contributed by atoms with Crippen LogP contribution in [0.3, 0.4) is 0 Å². The third-order valence-corrected chi connectivity index (χ3v) is 7.24. The van der Waals surface area contributed by atoms with Crippen molar-refractivity contribution in [2.24, 2.45) is 29.6 Å². The van der Waals surface area contributed by atoms with Crippen LogP contribution >= 0.6 is 15.9 Å². The Labute approximate surface area is 163 Å². The highest BCUT2D eigenvalue weighted by atomic mass is 79.9. The molecule has 142 valence electrons. The molecule has 1 aromatic rings. The second kappa shape index (κ2) is 7.99. The summed E-state index contributed by atoms with van der Waals surface area (Å²) in [7, 11) is 1.74. The first kappa shape index (κ1) is 18.5. The third kappa shape index (κ3) is 3.58. The molecule has 5 heteroatoms. The van der Waals surface area contributed by atoms with Gasteiger partial charge in [-0.1, -0.05) is 35.2 Å². The largest absolute Gasteiger partial charge is 0.462 e. The van der Waals surface area contributed by atoms with Gasteiger partial charge in [0.25, 0.3) is 0 Å². The summed E-state index contributed by atoms with van der Waals surface area (Å²) < 4.78 is 18.2. The average Bonchev–Trinajstić information content (AvgIpc) is 3.08. The van der Waals surface area contributed by atoms with Gasteiger partial charge < -0.3 is 14.2 Å². The lowest BCUT2D eigenvalue weighted by Gasteiger charge is -2.47. The molecule has 6 atom stereocenters. The highest BCUT2D eigenvalue weighted by molar-refractivity contribution is 9.10. The number of halogens is 1. The van der Waals surface area contributed by atoms with E-state index in [1.54, 1.807) is 19.2 Å². The number of fused-ring (bicyclic) bond motifs is 2. The molecule has 1 aromatic carbocycles. The van der Waals surface area contributed by atoms with Crippen molar-refractivity contribution in [3.8, 4) is 0 Å². The van der Waals surface area contributed by atoms with Crippen LogP contribution in [0, 0.1) is 29.6 Å². The van der Waals surface area contributed by atoms with Gasteiger partial charge in [0.1, 0.15) is 0 Å². The minimum absolute atomic E-state index is 0.0902. The molecule has 0 radical (unpaired) electrons. The molecule has 1 aliphatic heterocycles. The summed E-state index contributed by atoms with van der Waals surface area (Å²) in [5.41, 5.74) is 0.609. The van der Waals surface area contributed by atoms with Gasteiger partial charge >= 0.3 is 5.97 Å². The molecular weight excluding hydrogens is 396 g/mol. The molecule has 26 heavy (non-hydrogen) atoms. The van der Waals surface area contributed by atoms with Gasteiger partial charge in [-0.05, 0) is 54.9 Å². The van der Waals surface area contributed by atoms with Gasteiger partial charge in [-0.15, -0.1) is 0 Å². The molecule has 2 saturated carbocycles. The molecule has 0 aromatic heterocycles. The van der Waals surface area contributed by atoms with E-state index in [1.165, 1.54) is 32.1 Å². The van der Waals surface area contributed by atoms with Crippen LogP contribution in [0.25, 0.3) is 0 Å². The van der Waals surface area contributed by atoms with E-state index in [2.05, 4.69) is 15.9 Å². The molecule has 3 fully saturated rings. The molecule has 4 rings (SSSR count). The van der Waals surface area contributed by atoms with Gasteiger partial charge in [-0.25, -0.2) is 4.79 Å². The van der Waals surface area contributed by atoms with Crippen LogP contribution in [0.5, 0.6) is 0 Å². The fraction of sp³-hybridized carbons (Fsp3) is 0.667. The second-order valence-corrected chi connectivity index (χ2v) is 8.89. The highest BCUT2D eigenvalue weighted by Crippen LogP contribution is 2.52. The fourth-order valence-electron chi connectivity index (χ4n) is 5.47. The zero-order valence-electron chi connectivity index (χ0n) is 15.2. The van der Waals surface area contributed by atoms with Crippen molar-refractivity contribution < 1.29 is 19.0 Å². The van der Waals surface area contributed by atoms with Crippen molar-refractivity contribution in [2.75, 3.05) is 20.3 Å². The van der Waals surface area contributed by atoms with Crippen LogP contribution < -0.4 is 0 Å². The predicted molar refractivity (Wildman–Crippen MR) is 102 cm³/mol. The van der Waals surface area contributed by atoms with Gasteiger partial charge in [0.2, 0.25) is 0 Å². The Morgan fingerprint density at radius 2 is 1.92 bits per heavy atom. The first-order chi connectivity index (χ1) is 12.7. The van der Waals surface area contributed by atoms with Crippen molar-refractivity contribution in [2.45, 2.75) is 38.4 Å². The summed E-state index contributed by atoms with van der Waals surface area (Å²) in [6, 6.07) is 7.36. The molecule has 0 amide bonds. The van der Waals surface area contributed by atoms with Gasteiger partial charge in [-0.2, -0.15) is 0 Å². The van der Waals surface area contributed by atoms with Gasteiger partial charge in [0.05, 0.1) is 18.8 Å². The van der Waals surface area contributed by atoms with Crippen LogP contribution in [0.1, 0.15) is 42.5 Å². The Hall–Kier alpha value is -0.910. The summed E-state index contributed by atoms with van der Waals surface area (Å²) in [5, 5.41) is 0. The first-order valence-corrected chi connectivity index (χ1v) is 10.5. The zero-order valence-corrected chi connectivity index (χ0v) is 16.8. The van der Waals surface area contributed by atoms with E-state index in [1.807, 2.05) is 12.1 Å². The number of rotatable bonds is 4. The van der Waals surface area contributed by atoms with E-state index in [9.17, 15) is 4.79 Å². The molecule has 0 unspecified atom stereocenters. The van der Waals surface area contributed by atoms with E-state index in [-0.39, 0.29) is 12.3 Å². The summed E-state index contributed by atoms with van der Waals surface area (Å²) in [4.78, 5) is 12.5. The first-order valence-electron chi connectivity index (χ1n) is 9.74. The maximum absolute atomic E-state index is 12.5. The van der Waals surface area contributed by atoms with Crippen molar-refractivity contribution >= 4 is 21.9 Å². The third-order valence-electron chi connectivity index (χ3n) is 6.71. The number of esters is 1. The Bertz CT molecular complexity index is 631. The topological polar surface area (TPSA) is 44.8 Å². The van der Waals surface area contributed by atoms with E-state index in [0.717, 1.165) is 17.0 Å². The molecular formula is C21H27BrO4. The van der Waals surface area contributed by atoms with E-state index in [4.69, 9.17) is 14.2 Å². The molecule has 1 heterocycles. The maximum atomic E-state index is 12.5. The molecule has 0 N–H and O–H groups in total. The monoisotopic (exact) mass is 422 g/mol. The van der Waals surface area contributed by atoms with Gasteiger partial charge in [-0.3, -0.25) is 0 Å². The summed E-state index contributed by atoms with van der Waals surface area (Å²) in [6.45, 7) is 1.23. The number of methoxy groups -OCH3 is 1. The highest BCUT2D eigenvalue weighted by Gasteiger charge is 2.51. The number of hydrogen-bond donors (Lipinski definition) is 0. The van der Waals surface area contributed by atoms with E-state index >= 15 is 0 Å². The van der Waals surface area contributed by atoms with E-state index in [0.29, 0.717) is 35.8 Å². The van der Waals surface area contributed by atoms with Crippen molar-refractivity contribution in [1.29, 1.82) is 0 Å². The molecule has 3 aliphatic rings. The minimum atomic E-state index is -0.228. The lowest BCUT2D eigenvalue weighted by Crippen LogP contribution is -2.45. The minimum Gasteiger partial charge on any atom is -0.462 e. The SMILES string of the molecule is CO[C@@H]1OC[C@H]2[C@H](COC(=O)c3ccc(Br)cc3)[C@@H]3CCCC[C@H]3C[C@@H]12. The summed E-state index contributed by atoms with van der Waals surface area (Å²) >= 11 is 3.40. The van der Waals surface area contributed by atoms with Crippen LogP contribution in [0.2, 0.25) is 0 Å². The van der Waals surface area contributed by atoms with Crippen LogP contribution in [0.15, 0.2) is 28.7 Å². The second-order valence-electron chi connectivity index (χ2n) is 7.98. The van der Waals surface area contributed by atoms with Crippen molar-refractivity contribution in [1.82, 2.24) is 0 Å². The van der Waals surface area contributed by atoms with Crippen LogP contribution in [-0.4, -0.2) is 32.6 Å². The molecule has 4 nitrogen and oxygen atoms in total. The smallest absolute Gasteiger partial charge is 0.338 e. The molecule has 1 saturated heterocycles. The summed E-state index contributed by atoms with van der Waals surface area (Å²) in [6.07, 6.45) is 6.28. The Morgan fingerprint density at radius 3 is 2.69 bits per heavy atom. The van der Waals surface area contributed by atoms with E-state index < -0.39 is 0 Å². The van der Waals surface area contributed by atoms with Crippen molar-refractivity contribution in [3.05, 3.63) is 34.3 Å². The Kier molecular flexibility index (Phi) is 5.67. The Morgan fingerprint density at radius 1 is 1.15 bits per heavy atom. The van der Waals surface area contributed by atoms with Gasteiger partial charge in [0, 0.05) is 23.4 Å². The van der Waals surface area contributed by atoms with Gasteiger partial charge in [0.15, 0.2) is 6.29 Å². The standard InChI is InChI=1S/C21H27BrO4/c1-24-21-17-10-14-4-2-3-5-16(14)18(19(17)12-26-21)11-25-20(23)13-6-8-15(22)9-7-13/h6-9,14,16-19,21H,2-5,10-12H2,1H3/t14-,16+,17+,18+,19+,21+/m0/s1. The zero-order chi connectivity index (χ0) is 18.1.